The molecule has 0 aliphatic heterocycles. The Labute approximate surface area is 200 Å². The fraction of sp³-hybridized carbons (Fsp3) is 0.0769. The van der Waals surface area contributed by atoms with Crippen LogP contribution in [-0.2, 0) is 0 Å². The van der Waals surface area contributed by atoms with Gasteiger partial charge in [0.1, 0.15) is 11.2 Å². The molecular weight excluding hydrogens is 438 g/mol. The number of allylic oxidation sites excluding steroid dienone is 1. The Bertz CT molecular complexity index is 1680. The molecule has 35 heavy (non-hydrogen) atoms. The van der Waals surface area contributed by atoms with Crippen molar-refractivity contribution in [2.24, 2.45) is 0 Å². The number of pyridine rings is 4. The molecule has 0 atom stereocenters. The number of rotatable bonds is 6. The molecular formula is C26H21N9. The average molecular weight is 460 g/mol. The summed E-state index contributed by atoms with van der Waals surface area (Å²) in [5.41, 5.74) is 8.49. The molecule has 0 radical (unpaired) electrons. The van der Waals surface area contributed by atoms with Gasteiger partial charge in [0, 0.05) is 52.6 Å². The van der Waals surface area contributed by atoms with Crippen molar-refractivity contribution in [3.63, 3.8) is 0 Å². The predicted molar refractivity (Wildman–Crippen MR) is 136 cm³/mol. The summed E-state index contributed by atoms with van der Waals surface area (Å²) in [6.07, 6.45) is 13.3. The molecule has 0 saturated carbocycles. The third kappa shape index (κ3) is 3.78. The van der Waals surface area contributed by atoms with E-state index in [4.69, 9.17) is 4.98 Å². The van der Waals surface area contributed by atoms with Gasteiger partial charge >= 0.3 is 0 Å². The molecule has 9 nitrogen and oxygen atoms in total. The zero-order chi connectivity index (χ0) is 23.8. The Balaban J connectivity index is 1.43. The normalized spacial score (nSPS) is 11.2. The summed E-state index contributed by atoms with van der Waals surface area (Å²) in [4.78, 5) is 25.8. The first kappa shape index (κ1) is 20.7. The maximum Gasteiger partial charge on any atom is 0.159 e. The topological polar surface area (TPSA) is 121 Å². The summed E-state index contributed by atoms with van der Waals surface area (Å²) in [6.45, 7) is 6.06. The summed E-state index contributed by atoms with van der Waals surface area (Å²) in [7, 11) is 0. The van der Waals surface area contributed by atoms with Crippen LogP contribution in [0, 0.1) is 0 Å². The van der Waals surface area contributed by atoms with E-state index >= 15 is 0 Å². The number of nitrogens with one attached hydrogen (secondary N) is 3. The summed E-state index contributed by atoms with van der Waals surface area (Å²) >= 11 is 0. The molecule has 6 aromatic rings. The highest BCUT2D eigenvalue weighted by atomic mass is 15.1. The van der Waals surface area contributed by atoms with Crippen molar-refractivity contribution in [3.05, 3.63) is 79.9 Å². The van der Waals surface area contributed by atoms with E-state index in [1.165, 1.54) is 0 Å². The maximum absolute atomic E-state index is 4.88. The van der Waals surface area contributed by atoms with E-state index in [0.717, 1.165) is 62.1 Å². The molecule has 0 aliphatic carbocycles. The molecule has 0 amide bonds. The van der Waals surface area contributed by atoms with Gasteiger partial charge in [-0.25, -0.2) is 4.98 Å². The van der Waals surface area contributed by atoms with Crippen LogP contribution in [0.15, 0.2) is 79.9 Å². The van der Waals surface area contributed by atoms with Crippen LogP contribution in [-0.4, -0.2) is 40.1 Å². The first-order valence-electron chi connectivity index (χ1n) is 11.2. The monoisotopic (exact) mass is 459 g/mol. The SMILES string of the molecule is C=C(CC)Nc1cncc(-c2cc3c(-c4nc5c(-c6cccnc6)cncc5[nH]4)n[nH]c3cn2)c1. The average Bonchev–Trinajstić information content (AvgIpc) is 3.53. The van der Waals surface area contributed by atoms with Crippen molar-refractivity contribution in [2.75, 3.05) is 5.32 Å². The lowest BCUT2D eigenvalue weighted by Crippen LogP contribution is -1.97. The molecule has 0 fully saturated rings. The third-order valence-electron chi connectivity index (χ3n) is 5.82. The predicted octanol–water partition coefficient (Wildman–Crippen LogP) is 5.36. The van der Waals surface area contributed by atoms with E-state index in [9.17, 15) is 0 Å². The number of hydrogen-bond acceptors (Lipinski definition) is 7. The van der Waals surface area contributed by atoms with Crippen molar-refractivity contribution < 1.29 is 0 Å². The lowest BCUT2D eigenvalue weighted by Gasteiger charge is -2.08. The number of anilines is 1. The molecule has 170 valence electrons. The van der Waals surface area contributed by atoms with Gasteiger partial charge < -0.3 is 10.3 Å². The summed E-state index contributed by atoms with van der Waals surface area (Å²) in [6, 6.07) is 7.90. The molecule has 6 rings (SSSR count). The van der Waals surface area contributed by atoms with Crippen molar-refractivity contribution in [1.82, 2.24) is 40.1 Å². The molecule has 0 spiro atoms. The standard InChI is InChI=1S/C26H21N9/c1-3-15(2)31-18-7-17(10-28-11-18)21-8-19-22(14-30-21)34-35-25(19)26-32-23-13-29-12-20(24(23)33-26)16-5-4-6-27-9-16/h4-14,31H,2-3H2,1H3,(H,32,33)(H,34,35). The second-order valence-corrected chi connectivity index (χ2v) is 8.14. The fourth-order valence-corrected chi connectivity index (χ4v) is 3.97. The highest BCUT2D eigenvalue weighted by Gasteiger charge is 2.16. The van der Waals surface area contributed by atoms with Crippen LogP contribution in [0.5, 0.6) is 0 Å². The van der Waals surface area contributed by atoms with Crippen molar-refractivity contribution in [3.8, 4) is 33.9 Å². The van der Waals surface area contributed by atoms with E-state index in [1.54, 1.807) is 43.4 Å². The van der Waals surface area contributed by atoms with Crippen LogP contribution in [0.2, 0.25) is 0 Å². The molecule has 0 saturated heterocycles. The summed E-state index contributed by atoms with van der Waals surface area (Å²) < 4.78 is 0. The Kier molecular flexibility index (Phi) is 4.99. The fourth-order valence-electron chi connectivity index (χ4n) is 3.97. The maximum atomic E-state index is 4.88. The van der Waals surface area contributed by atoms with Crippen LogP contribution in [0.3, 0.4) is 0 Å². The van der Waals surface area contributed by atoms with E-state index in [-0.39, 0.29) is 0 Å². The smallest absolute Gasteiger partial charge is 0.159 e. The molecule has 3 N–H and O–H groups in total. The van der Waals surface area contributed by atoms with E-state index in [2.05, 4.69) is 53.9 Å². The molecule has 0 aliphatic rings. The quantitative estimate of drug-likeness (QED) is 0.307. The van der Waals surface area contributed by atoms with Crippen molar-refractivity contribution >= 4 is 27.6 Å². The lowest BCUT2D eigenvalue weighted by molar-refractivity contribution is 1.10. The largest absolute Gasteiger partial charge is 0.358 e. The summed E-state index contributed by atoms with van der Waals surface area (Å²) in [5.74, 6) is 0.648. The van der Waals surface area contributed by atoms with Gasteiger partial charge in [-0.1, -0.05) is 19.6 Å². The number of aromatic amines is 2. The van der Waals surface area contributed by atoms with Crippen LogP contribution in [0.1, 0.15) is 13.3 Å². The number of H-pyrrole nitrogens is 2. The van der Waals surface area contributed by atoms with Gasteiger partial charge in [0.05, 0.1) is 41.0 Å². The van der Waals surface area contributed by atoms with E-state index < -0.39 is 0 Å². The highest BCUT2D eigenvalue weighted by Crippen LogP contribution is 2.32. The first-order valence-corrected chi connectivity index (χ1v) is 11.2. The van der Waals surface area contributed by atoms with Crippen LogP contribution < -0.4 is 5.32 Å². The second kappa shape index (κ2) is 8.45. The third-order valence-corrected chi connectivity index (χ3v) is 5.82. The highest BCUT2D eigenvalue weighted by molar-refractivity contribution is 5.97. The van der Waals surface area contributed by atoms with Gasteiger partial charge in [-0.15, -0.1) is 0 Å². The van der Waals surface area contributed by atoms with Gasteiger partial charge in [-0.3, -0.25) is 25.0 Å². The molecule has 6 heterocycles. The summed E-state index contributed by atoms with van der Waals surface area (Å²) in [5, 5.41) is 11.8. The minimum absolute atomic E-state index is 0.648. The van der Waals surface area contributed by atoms with Crippen molar-refractivity contribution in [2.45, 2.75) is 13.3 Å². The number of imidazole rings is 1. The number of hydrogen-bond donors (Lipinski definition) is 3. The van der Waals surface area contributed by atoms with Crippen molar-refractivity contribution in [1.29, 1.82) is 0 Å². The van der Waals surface area contributed by atoms with E-state index in [1.807, 2.05) is 24.3 Å². The minimum Gasteiger partial charge on any atom is -0.358 e. The Hall–Kier alpha value is -4.92. The van der Waals surface area contributed by atoms with Gasteiger partial charge in [0.25, 0.3) is 0 Å². The molecule has 9 heteroatoms. The van der Waals surface area contributed by atoms with Gasteiger partial charge in [-0.05, 0) is 24.6 Å². The van der Waals surface area contributed by atoms with Crippen LogP contribution >= 0.6 is 0 Å². The van der Waals surface area contributed by atoms with Crippen LogP contribution in [0.4, 0.5) is 5.69 Å². The Morgan fingerprint density at radius 2 is 1.86 bits per heavy atom. The number of fused-ring (bicyclic) bond motifs is 2. The Morgan fingerprint density at radius 3 is 2.71 bits per heavy atom. The molecule has 0 aromatic carbocycles. The Morgan fingerprint density at radius 1 is 0.971 bits per heavy atom. The van der Waals surface area contributed by atoms with Gasteiger partial charge in [0.2, 0.25) is 0 Å². The van der Waals surface area contributed by atoms with E-state index in [0.29, 0.717) is 11.5 Å². The number of nitrogens with zero attached hydrogens (tertiary/aromatic N) is 6. The number of aromatic nitrogens is 8. The lowest BCUT2D eigenvalue weighted by atomic mass is 10.1. The molecule has 0 bridgehead atoms. The van der Waals surface area contributed by atoms with Crippen LogP contribution in [0.25, 0.3) is 55.8 Å². The first-order chi connectivity index (χ1) is 17.2. The zero-order valence-electron chi connectivity index (χ0n) is 18.9. The second-order valence-electron chi connectivity index (χ2n) is 8.14. The minimum atomic E-state index is 0.648. The zero-order valence-corrected chi connectivity index (χ0v) is 18.9. The van der Waals surface area contributed by atoms with Gasteiger partial charge in [0.15, 0.2) is 5.82 Å². The molecule has 0 unspecified atom stereocenters. The van der Waals surface area contributed by atoms with Gasteiger partial charge in [-0.2, -0.15) is 5.10 Å². The molecule has 6 aromatic heterocycles.